The highest BCUT2D eigenvalue weighted by atomic mass is 32.2. The fourth-order valence-corrected chi connectivity index (χ4v) is 4.49. The van der Waals surface area contributed by atoms with Crippen LogP contribution in [0.5, 0.6) is 0 Å². The van der Waals surface area contributed by atoms with Crippen molar-refractivity contribution in [3.8, 4) is 0 Å². The lowest BCUT2D eigenvalue weighted by Crippen LogP contribution is -2.54. The molecule has 1 unspecified atom stereocenters. The van der Waals surface area contributed by atoms with E-state index in [-0.39, 0.29) is 10.9 Å². The molecule has 1 fully saturated rings. The third kappa shape index (κ3) is 3.25. The highest BCUT2D eigenvalue weighted by Gasteiger charge is 2.32. The number of piperazine rings is 1. The van der Waals surface area contributed by atoms with E-state index < -0.39 is 10.0 Å². The van der Waals surface area contributed by atoms with Crippen LogP contribution in [0.25, 0.3) is 0 Å². The normalized spacial score (nSPS) is 19.5. The van der Waals surface area contributed by atoms with Crippen LogP contribution in [0.4, 0.5) is 0 Å². The number of hydrogen-bond acceptors (Lipinski definition) is 5. The van der Waals surface area contributed by atoms with E-state index in [0.29, 0.717) is 36.9 Å². The van der Waals surface area contributed by atoms with Crippen molar-refractivity contribution in [2.75, 3.05) is 26.2 Å². The topological polar surface area (TPSA) is 95.3 Å². The number of aryl methyl sites for hydroxylation is 1. The fourth-order valence-electron chi connectivity index (χ4n) is 2.63. The second-order valence-corrected chi connectivity index (χ2v) is 7.50. The molecule has 0 aromatic carbocycles. The van der Waals surface area contributed by atoms with Gasteiger partial charge in [-0.3, -0.25) is 10.00 Å². The van der Waals surface area contributed by atoms with Gasteiger partial charge in [-0.1, -0.05) is 19.1 Å². The van der Waals surface area contributed by atoms with E-state index in [4.69, 9.17) is 18.0 Å². The summed E-state index contributed by atoms with van der Waals surface area (Å²) >= 11 is 5.07. The Labute approximate surface area is 130 Å². The molecule has 1 aliphatic heterocycles. The Kier molecular flexibility index (Phi) is 4.97. The number of thiocarbonyl (C=S) groups is 1. The smallest absolute Gasteiger partial charge is 0.246 e. The molecule has 1 aromatic rings. The quantitative estimate of drug-likeness (QED) is 0.743. The monoisotopic (exact) mass is 331 g/mol. The van der Waals surface area contributed by atoms with E-state index in [1.807, 2.05) is 6.92 Å². The summed E-state index contributed by atoms with van der Waals surface area (Å²) in [7, 11) is -3.48. The van der Waals surface area contributed by atoms with Gasteiger partial charge in [0.05, 0.1) is 22.9 Å². The minimum absolute atomic E-state index is 0.0421. The van der Waals surface area contributed by atoms with Crippen molar-refractivity contribution in [3.05, 3.63) is 11.9 Å². The zero-order valence-corrected chi connectivity index (χ0v) is 13.9. The van der Waals surface area contributed by atoms with Crippen LogP contribution in [-0.2, 0) is 10.0 Å². The van der Waals surface area contributed by atoms with Gasteiger partial charge in [0, 0.05) is 26.2 Å². The van der Waals surface area contributed by atoms with E-state index in [2.05, 4.69) is 15.1 Å². The Morgan fingerprint density at radius 1 is 1.48 bits per heavy atom. The van der Waals surface area contributed by atoms with Gasteiger partial charge in [-0.05, 0) is 13.3 Å². The second kappa shape index (κ2) is 6.39. The first-order chi connectivity index (χ1) is 9.87. The maximum Gasteiger partial charge on any atom is 0.246 e. The average molecular weight is 331 g/mol. The van der Waals surface area contributed by atoms with Crippen LogP contribution in [0.2, 0.25) is 0 Å². The zero-order valence-electron chi connectivity index (χ0n) is 12.2. The molecule has 7 nitrogen and oxygen atoms in total. The summed E-state index contributed by atoms with van der Waals surface area (Å²) in [6, 6.07) is 0.0421. The third-order valence-corrected chi connectivity index (χ3v) is 6.12. The average Bonchev–Trinajstić information content (AvgIpc) is 2.87. The Bertz CT molecular complexity index is 605. The zero-order chi connectivity index (χ0) is 15.6. The lowest BCUT2D eigenvalue weighted by molar-refractivity contribution is 0.165. The molecule has 2 rings (SSSR count). The van der Waals surface area contributed by atoms with Crippen LogP contribution >= 0.6 is 12.2 Å². The molecule has 3 N–H and O–H groups in total. The Balaban J connectivity index is 2.08. The second-order valence-electron chi connectivity index (χ2n) is 5.13. The van der Waals surface area contributed by atoms with Gasteiger partial charge >= 0.3 is 0 Å². The fraction of sp³-hybridized carbons (Fsp3) is 0.667. The summed E-state index contributed by atoms with van der Waals surface area (Å²) in [6.45, 7) is 5.87. The molecule has 1 aliphatic rings. The molecule has 9 heteroatoms. The number of nitrogens with zero attached hydrogens (tertiary/aromatic N) is 3. The predicted octanol–water partition coefficient (Wildman–Crippen LogP) is 0.0891. The van der Waals surface area contributed by atoms with Crippen molar-refractivity contribution in [1.29, 1.82) is 0 Å². The van der Waals surface area contributed by atoms with E-state index >= 15 is 0 Å². The van der Waals surface area contributed by atoms with Crippen molar-refractivity contribution in [2.24, 2.45) is 5.73 Å². The molecule has 118 valence electrons. The number of rotatable bonds is 5. The Morgan fingerprint density at radius 3 is 2.52 bits per heavy atom. The van der Waals surface area contributed by atoms with Gasteiger partial charge in [-0.25, -0.2) is 8.42 Å². The first kappa shape index (κ1) is 16.3. The summed E-state index contributed by atoms with van der Waals surface area (Å²) in [5.74, 6) is 0. The summed E-state index contributed by atoms with van der Waals surface area (Å²) in [6.07, 6.45) is 2.20. The van der Waals surface area contributed by atoms with Crippen LogP contribution in [0.1, 0.15) is 19.0 Å². The van der Waals surface area contributed by atoms with Gasteiger partial charge in [0.1, 0.15) is 4.90 Å². The van der Waals surface area contributed by atoms with E-state index in [1.54, 1.807) is 6.92 Å². The van der Waals surface area contributed by atoms with Crippen molar-refractivity contribution in [2.45, 2.75) is 31.2 Å². The molecular weight excluding hydrogens is 310 g/mol. The predicted molar refractivity (Wildman–Crippen MR) is 84.5 cm³/mol. The van der Waals surface area contributed by atoms with Crippen LogP contribution < -0.4 is 5.73 Å². The molecule has 1 aromatic heterocycles. The molecule has 1 atom stereocenters. The molecule has 0 aliphatic carbocycles. The van der Waals surface area contributed by atoms with Crippen molar-refractivity contribution in [1.82, 2.24) is 19.4 Å². The molecule has 0 bridgehead atoms. The third-order valence-electron chi connectivity index (χ3n) is 3.83. The number of nitrogens with one attached hydrogen (secondary N) is 1. The van der Waals surface area contributed by atoms with Crippen molar-refractivity contribution < 1.29 is 8.42 Å². The SMILES string of the molecule is CCC(C(N)=S)N1CCN(S(=O)(=O)c2cn[nH]c2C)CC1. The summed E-state index contributed by atoms with van der Waals surface area (Å²) in [5, 5.41) is 6.45. The summed E-state index contributed by atoms with van der Waals surface area (Å²) in [5.41, 5.74) is 6.30. The number of nitrogens with two attached hydrogens (primary N) is 1. The lowest BCUT2D eigenvalue weighted by atomic mass is 10.1. The van der Waals surface area contributed by atoms with Gasteiger partial charge in [-0.15, -0.1) is 0 Å². The first-order valence-corrected chi connectivity index (χ1v) is 8.76. The van der Waals surface area contributed by atoms with E-state index in [1.165, 1.54) is 10.5 Å². The lowest BCUT2D eigenvalue weighted by Gasteiger charge is -2.37. The Morgan fingerprint density at radius 2 is 2.10 bits per heavy atom. The number of aromatic nitrogens is 2. The largest absolute Gasteiger partial charge is 0.392 e. The number of hydrogen-bond donors (Lipinski definition) is 2. The van der Waals surface area contributed by atoms with Gasteiger partial charge in [-0.2, -0.15) is 9.40 Å². The minimum Gasteiger partial charge on any atom is -0.392 e. The van der Waals surface area contributed by atoms with Gasteiger partial charge in [0.15, 0.2) is 0 Å². The number of sulfonamides is 1. The van der Waals surface area contributed by atoms with Gasteiger partial charge in [0.25, 0.3) is 0 Å². The van der Waals surface area contributed by atoms with Crippen LogP contribution in [0.3, 0.4) is 0 Å². The molecule has 0 radical (unpaired) electrons. The molecule has 0 saturated carbocycles. The molecular formula is C12H21N5O2S2. The molecule has 0 amide bonds. The first-order valence-electron chi connectivity index (χ1n) is 6.91. The maximum atomic E-state index is 12.5. The van der Waals surface area contributed by atoms with Crippen LogP contribution in [-0.4, -0.2) is 65.0 Å². The maximum absolute atomic E-state index is 12.5. The van der Waals surface area contributed by atoms with Crippen molar-refractivity contribution in [3.63, 3.8) is 0 Å². The van der Waals surface area contributed by atoms with Crippen LogP contribution in [0, 0.1) is 6.92 Å². The van der Waals surface area contributed by atoms with E-state index in [9.17, 15) is 8.42 Å². The highest BCUT2D eigenvalue weighted by molar-refractivity contribution is 7.89. The molecule has 2 heterocycles. The number of H-pyrrole nitrogens is 1. The van der Waals surface area contributed by atoms with Gasteiger partial charge < -0.3 is 5.73 Å². The highest BCUT2D eigenvalue weighted by Crippen LogP contribution is 2.20. The van der Waals surface area contributed by atoms with Gasteiger partial charge in [0.2, 0.25) is 10.0 Å². The molecule has 0 spiro atoms. The summed E-state index contributed by atoms with van der Waals surface area (Å²) < 4.78 is 26.6. The van der Waals surface area contributed by atoms with Crippen molar-refractivity contribution >= 4 is 27.2 Å². The Hall–Kier alpha value is -1.03. The minimum atomic E-state index is -3.48. The van der Waals surface area contributed by atoms with Crippen LogP contribution in [0.15, 0.2) is 11.1 Å². The summed E-state index contributed by atoms with van der Waals surface area (Å²) in [4.78, 5) is 2.87. The standard InChI is InChI=1S/C12H21N5O2S2/c1-3-10(12(13)20)16-4-6-17(7-5-16)21(18,19)11-8-14-15-9(11)2/h8,10H,3-7H2,1-2H3,(H2,13,20)(H,14,15). The number of aromatic amines is 1. The molecule has 1 saturated heterocycles. The van der Waals surface area contributed by atoms with E-state index in [0.717, 1.165) is 6.42 Å². The molecule has 21 heavy (non-hydrogen) atoms.